The Hall–Kier alpha value is -3.09. The number of guanidine groups is 1. The molecule has 0 saturated carbocycles. The van der Waals surface area contributed by atoms with Crippen molar-refractivity contribution < 1.29 is 14.3 Å². The molecule has 2 N–H and O–H groups in total. The number of likely N-dealkylation sites (tertiary alicyclic amines) is 1. The third-order valence-corrected chi connectivity index (χ3v) is 7.69. The lowest BCUT2D eigenvalue weighted by Crippen LogP contribution is -2.45. The van der Waals surface area contributed by atoms with Crippen molar-refractivity contribution in [1.82, 2.24) is 10.2 Å². The highest BCUT2D eigenvalue weighted by molar-refractivity contribution is 5.94. The maximum absolute atomic E-state index is 13.3. The number of methoxy groups -OCH3 is 1. The smallest absolute Gasteiger partial charge is 0.306 e. The van der Waals surface area contributed by atoms with Gasteiger partial charge in [-0.2, -0.15) is 0 Å². The Morgan fingerprint density at radius 3 is 3.06 bits per heavy atom. The summed E-state index contributed by atoms with van der Waals surface area (Å²) in [7, 11) is 1.47. The van der Waals surface area contributed by atoms with Gasteiger partial charge in [0.15, 0.2) is 5.96 Å². The van der Waals surface area contributed by atoms with E-state index >= 15 is 0 Å². The van der Waals surface area contributed by atoms with Crippen LogP contribution in [0.4, 0.5) is 5.69 Å². The van der Waals surface area contributed by atoms with E-state index in [0.29, 0.717) is 24.7 Å². The SMILES string of the molecule is COC(=O)C[C@@H]1C2=C(C=CCC2)C2CN(C(=O)Cc3cccc(NC4=NCCCN4)c3)CCC21. The standard InChI is InChI=1S/C27H34N4O3/c1-34-26(33)16-23-20-8-2-3-9-21(20)24-17-31(13-10-22(23)24)25(32)15-18-6-4-7-19(14-18)30-27-28-11-5-12-29-27/h3-4,6-7,9,14,22-24H,2,5,8,10-13,15-17H2,1H3,(H2,28,29,30)/t22?,23-,24?/m1/s1. The lowest BCUT2D eigenvalue weighted by molar-refractivity contribution is -0.142. The number of hydrogen-bond donors (Lipinski definition) is 2. The fourth-order valence-electron chi connectivity index (χ4n) is 6.06. The van der Waals surface area contributed by atoms with Gasteiger partial charge in [0, 0.05) is 37.8 Å². The summed E-state index contributed by atoms with van der Waals surface area (Å²) in [5.41, 5.74) is 4.74. The fourth-order valence-corrected chi connectivity index (χ4v) is 6.06. The van der Waals surface area contributed by atoms with Crippen molar-refractivity contribution in [3.8, 4) is 0 Å². The number of fused-ring (bicyclic) bond motifs is 2. The van der Waals surface area contributed by atoms with Gasteiger partial charge in [-0.15, -0.1) is 0 Å². The van der Waals surface area contributed by atoms with Crippen LogP contribution < -0.4 is 10.6 Å². The minimum atomic E-state index is -0.131. The molecule has 2 heterocycles. The van der Waals surface area contributed by atoms with Crippen LogP contribution in [0.15, 0.2) is 52.6 Å². The largest absolute Gasteiger partial charge is 0.469 e. The first kappa shape index (κ1) is 22.7. The molecule has 0 aromatic heterocycles. The molecule has 1 aromatic rings. The number of esters is 1. The summed E-state index contributed by atoms with van der Waals surface area (Å²) in [5, 5.41) is 6.59. The summed E-state index contributed by atoms with van der Waals surface area (Å²) >= 11 is 0. The van der Waals surface area contributed by atoms with Crippen molar-refractivity contribution in [2.24, 2.45) is 22.7 Å². The van der Waals surface area contributed by atoms with Gasteiger partial charge in [0.25, 0.3) is 0 Å². The number of nitrogens with zero attached hydrogens (tertiary/aromatic N) is 2. The minimum Gasteiger partial charge on any atom is -0.469 e. The molecule has 2 aliphatic heterocycles. The average Bonchev–Trinajstić information content (AvgIpc) is 3.17. The van der Waals surface area contributed by atoms with Crippen molar-refractivity contribution >= 4 is 23.5 Å². The van der Waals surface area contributed by atoms with Gasteiger partial charge >= 0.3 is 5.97 Å². The van der Waals surface area contributed by atoms with E-state index in [-0.39, 0.29) is 17.8 Å². The van der Waals surface area contributed by atoms with Crippen LogP contribution in [0.1, 0.15) is 37.7 Å². The number of amides is 1. The molecular weight excluding hydrogens is 428 g/mol. The first-order valence-electron chi connectivity index (χ1n) is 12.5. The molecule has 2 unspecified atom stereocenters. The van der Waals surface area contributed by atoms with E-state index in [4.69, 9.17) is 4.74 Å². The van der Waals surface area contributed by atoms with E-state index in [1.54, 1.807) is 0 Å². The van der Waals surface area contributed by atoms with Gasteiger partial charge in [-0.25, -0.2) is 0 Å². The van der Waals surface area contributed by atoms with Gasteiger partial charge in [-0.1, -0.05) is 29.9 Å². The van der Waals surface area contributed by atoms with Crippen LogP contribution in [-0.2, 0) is 20.7 Å². The first-order chi connectivity index (χ1) is 16.6. The van der Waals surface area contributed by atoms with E-state index < -0.39 is 0 Å². The van der Waals surface area contributed by atoms with E-state index in [0.717, 1.165) is 69.1 Å². The van der Waals surface area contributed by atoms with E-state index in [1.807, 2.05) is 29.2 Å². The van der Waals surface area contributed by atoms with Crippen molar-refractivity contribution in [3.05, 3.63) is 53.1 Å². The van der Waals surface area contributed by atoms with Gasteiger partial charge in [-0.05, 0) is 60.8 Å². The second-order valence-corrected chi connectivity index (χ2v) is 9.72. The van der Waals surface area contributed by atoms with Gasteiger partial charge < -0.3 is 20.3 Å². The molecule has 3 atom stereocenters. The second-order valence-electron chi connectivity index (χ2n) is 9.72. The molecule has 7 heteroatoms. The molecule has 1 saturated heterocycles. The van der Waals surface area contributed by atoms with Gasteiger partial charge in [0.05, 0.1) is 20.0 Å². The molecule has 1 aromatic carbocycles. The highest BCUT2D eigenvalue weighted by Crippen LogP contribution is 2.51. The Bertz CT molecular complexity index is 1040. The molecule has 5 rings (SSSR count). The maximum atomic E-state index is 13.3. The van der Waals surface area contributed by atoms with Crippen molar-refractivity contribution in [1.29, 1.82) is 0 Å². The molecular formula is C27H34N4O3. The molecule has 180 valence electrons. The quantitative estimate of drug-likeness (QED) is 0.656. The number of nitrogens with one attached hydrogen (secondary N) is 2. The number of benzene rings is 1. The number of rotatable bonds is 5. The predicted molar refractivity (Wildman–Crippen MR) is 132 cm³/mol. The average molecular weight is 463 g/mol. The highest BCUT2D eigenvalue weighted by Gasteiger charge is 2.46. The monoisotopic (exact) mass is 462 g/mol. The highest BCUT2D eigenvalue weighted by atomic mass is 16.5. The minimum absolute atomic E-state index is 0.131. The number of anilines is 1. The summed E-state index contributed by atoms with van der Waals surface area (Å²) in [6.45, 7) is 3.25. The number of allylic oxidation sites excluding steroid dienone is 3. The summed E-state index contributed by atoms with van der Waals surface area (Å²) in [6.07, 6.45) is 9.37. The lowest BCUT2D eigenvalue weighted by Gasteiger charge is -2.38. The van der Waals surface area contributed by atoms with Crippen LogP contribution >= 0.6 is 0 Å². The number of aliphatic imine (C=N–C) groups is 1. The van der Waals surface area contributed by atoms with Crippen LogP contribution in [0.2, 0.25) is 0 Å². The molecule has 0 radical (unpaired) electrons. The molecule has 2 aliphatic carbocycles. The molecule has 0 spiro atoms. The van der Waals surface area contributed by atoms with Crippen LogP contribution in [0.5, 0.6) is 0 Å². The zero-order chi connectivity index (χ0) is 23.5. The maximum Gasteiger partial charge on any atom is 0.306 e. The topological polar surface area (TPSA) is 83.0 Å². The van der Waals surface area contributed by atoms with E-state index in [2.05, 4.69) is 27.8 Å². The number of carbonyl (C=O) groups is 2. The first-order valence-corrected chi connectivity index (χ1v) is 12.5. The number of ether oxygens (including phenoxy) is 1. The molecule has 1 amide bonds. The van der Waals surface area contributed by atoms with Crippen LogP contribution in [0.3, 0.4) is 0 Å². The third kappa shape index (κ3) is 4.74. The molecule has 7 nitrogen and oxygen atoms in total. The van der Waals surface area contributed by atoms with Crippen molar-refractivity contribution in [3.63, 3.8) is 0 Å². The van der Waals surface area contributed by atoms with Crippen molar-refractivity contribution in [2.75, 3.05) is 38.6 Å². The van der Waals surface area contributed by atoms with E-state index in [9.17, 15) is 9.59 Å². The Kier molecular flexibility index (Phi) is 6.70. The van der Waals surface area contributed by atoms with Crippen LogP contribution in [0, 0.1) is 17.8 Å². The summed E-state index contributed by atoms with van der Waals surface area (Å²) < 4.78 is 4.99. The Labute approximate surface area is 201 Å². The second kappa shape index (κ2) is 10.0. The zero-order valence-electron chi connectivity index (χ0n) is 19.9. The Morgan fingerprint density at radius 1 is 1.32 bits per heavy atom. The fraction of sp³-hybridized carbons (Fsp3) is 0.519. The summed E-state index contributed by atoms with van der Waals surface area (Å²) in [4.78, 5) is 31.9. The third-order valence-electron chi connectivity index (χ3n) is 7.69. The lowest BCUT2D eigenvalue weighted by atomic mass is 9.78. The number of piperidine rings is 1. The van der Waals surface area contributed by atoms with Gasteiger partial charge in [0.2, 0.25) is 5.91 Å². The van der Waals surface area contributed by atoms with E-state index in [1.165, 1.54) is 18.3 Å². The Morgan fingerprint density at radius 2 is 2.24 bits per heavy atom. The summed E-state index contributed by atoms with van der Waals surface area (Å²) in [6, 6.07) is 8.04. The summed E-state index contributed by atoms with van der Waals surface area (Å²) in [5.74, 6) is 1.84. The normalized spacial score (nSPS) is 25.7. The molecule has 0 bridgehead atoms. The number of carbonyl (C=O) groups excluding carboxylic acids is 2. The van der Waals surface area contributed by atoms with Crippen molar-refractivity contribution in [2.45, 2.75) is 38.5 Å². The molecule has 4 aliphatic rings. The van der Waals surface area contributed by atoms with Crippen LogP contribution in [0.25, 0.3) is 0 Å². The van der Waals surface area contributed by atoms with Crippen LogP contribution in [-0.4, -0.2) is 56.0 Å². The zero-order valence-corrected chi connectivity index (χ0v) is 19.9. The number of hydrogen-bond acceptors (Lipinski definition) is 6. The molecule has 34 heavy (non-hydrogen) atoms. The molecule has 1 fully saturated rings. The predicted octanol–water partition coefficient (Wildman–Crippen LogP) is 3.29. The van der Waals surface area contributed by atoms with Gasteiger partial charge in [-0.3, -0.25) is 14.6 Å². The van der Waals surface area contributed by atoms with Gasteiger partial charge in [0.1, 0.15) is 0 Å². The Balaban J connectivity index is 1.25.